The van der Waals surface area contributed by atoms with E-state index in [0.717, 1.165) is 15.4 Å². The molecule has 3 aromatic rings. The van der Waals surface area contributed by atoms with Gasteiger partial charge in [0.25, 0.3) is 10.0 Å². The van der Waals surface area contributed by atoms with Gasteiger partial charge < -0.3 is 19.7 Å². The van der Waals surface area contributed by atoms with Gasteiger partial charge in [0.05, 0.1) is 24.8 Å². The number of carbonyl (C=O) groups is 2. The van der Waals surface area contributed by atoms with Crippen LogP contribution in [0.1, 0.15) is 43.4 Å². The third-order valence-electron chi connectivity index (χ3n) is 7.01. The Kier molecular flexibility index (Phi) is 12.3. The van der Waals surface area contributed by atoms with Crippen LogP contribution in [-0.2, 0) is 26.2 Å². The molecule has 2 amide bonds. The van der Waals surface area contributed by atoms with Crippen LogP contribution in [0.5, 0.6) is 11.5 Å². The Morgan fingerprint density at radius 2 is 1.57 bits per heavy atom. The van der Waals surface area contributed by atoms with E-state index in [1.165, 1.54) is 37.3 Å². The molecule has 3 aromatic carbocycles. The Bertz CT molecular complexity index is 1580. The Morgan fingerprint density at radius 1 is 0.909 bits per heavy atom. The van der Waals surface area contributed by atoms with Crippen LogP contribution in [0, 0.1) is 13.8 Å². The van der Waals surface area contributed by atoms with E-state index in [1.807, 2.05) is 26.8 Å². The third kappa shape index (κ3) is 8.37. The number of halogens is 2. The fraction of sp³-hybridized carbons (Fsp3) is 0.375. The van der Waals surface area contributed by atoms with Gasteiger partial charge in [0.2, 0.25) is 11.8 Å². The topological polar surface area (TPSA) is 105 Å². The molecule has 0 spiro atoms. The number of nitrogens with one attached hydrogen (secondary N) is 1. The number of carbonyl (C=O) groups excluding carboxylic acids is 2. The van der Waals surface area contributed by atoms with Crippen molar-refractivity contribution in [3.05, 3.63) is 81.3 Å². The number of amides is 2. The summed E-state index contributed by atoms with van der Waals surface area (Å²) in [5.74, 6) is -0.348. The average molecular weight is 665 g/mol. The maximum atomic E-state index is 14.3. The van der Waals surface area contributed by atoms with E-state index in [9.17, 15) is 18.0 Å². The van der Waals surface area contributed by atoms with Gasteiger partial charge in [-0.15, -0.1) is 0 Å². The van der Waals surface area contributed by atoms with Crippen LogP contribution in [0.3, 0.4) is 0 Å². The summed E-state index contributed by atoms with van der Waals surface area (Å²) >= 11 is 12.6. The molecular formula is C32H39Cl2N3O6S. The monoisotopic (exact) mass is 663 g/mol. The maximum Gasteiger partial charge on any atom is 0.264 e. The number of benzene rings is 3. The molecule has 0 saturated carbocycles. The summed E-state index contributed by atoms with van der Waals surface area (Å²) in [5, 5.41) is 3.61. The van der Waals surface area contributed by atoms with Crippen LogP contribution in [0.25, 0.3) is 0 Å². The number of hydrogen-bond acceptors (Lipinski definition) is 6. The van der Waals surface area contributed by atoms with Crippen molar-refractivity contribution in [2.45, 2.75) is 58.0 Å². The van der Waals surface area contributed by atoms with Crippen LogP contribution < -0.4 is 19.1 Å². The number of sulfonamides is 1. The Labute approximate surface area is 270 Å². The fourth-order valence-corrected chi connectivity index (χ4v) is 6.73. The quantitative estimate of drug-likeness (QED) is 0.222. The standard InChI is InChI=1S/C32H39Cl2N3O6S/c1-7-13-35-32(39)28(8-2)36(19-23-9-10-24(33)17-27(23)34)31(38)20-37(25-15-21(3)14-22(4)16-25)44(40,41)26-11-12-29(42-5)30(18-26)43-6/h9-12,14-18,28H,7-8,13,19-20H2,1-6H3,(H,35,39). The first-order valence-electron chi connectivity index (χ1n) is 14.2. The van der Waals surface area contributed by atoms with Gasteiger partial charge in [-0.05, 0) is 79.8 Å². The average Bonchev–Trinajstić information content (AvgIpc) is 2.98. The second kappa shape index (κ2) is 15.5. The smallest absolute Gasteiger partial charge is 0.264 e. The van der Waals surface area contributed by atoms with Crippen molar-refractivity contribution in [3.8, 4) is 11.5 Å². The number of hydrogen-bond donors (Lipinski definition) is 1. The fourth-order valence-electron chi connectivity index (χ4n) is 4.85. The largest absolute Gasteiger partial charge is 0.493 e. The van der Waals surface area contributed by atoms with Gasteiger partial charge in [-0.25, -0.2) is 8.42 Å². The van der Waals surface area contributed by atoms with Crippen molar-refractivity contribution < 1.29 is 27.5 Å². The van der Waals surface area contributed by atoms with E-state index in [-0.39, 0.29) is 23.1 Å². The van der Waals surface area contributed by atoms with Crippen molar-refractivity contribution in [1.29, 1.82) is 0 Å². The molecule has 9 nitrogen and oxygen atoms in total. The van der Waals surface area contributed by atoms with E-state index in [0.29, 0.717) is 46.4 Å². The lowest BCUT2D eigenvalue weighted by Crippen LogP contribution is -2.52. The zero-order chi connectivity index (χ0) is 32.6. The molecule has 0 saturated heterocycles. The molecule has 0 bridgehead atoms. The molecule has 0 heterocycles. The van der Waals surface area contributed by atoms with E-state index in [2.05, 4.69) is 5.32 Å². The minimum atomic E-state index is -4.32. The molecule has 238 valence electrons. The normalized spacial score (nSPS) is 11.9. The number of rotatable bonds is 14. The molecule has 1 N–H and O–H groups in total. The molecule has 44 heavy (non-hydrogen) atoms. The first-order chi connectivity index (χ1) is 20.9. The molecule has 12 heteroatoms. The molecule has 1 unspecified atom stereocenters. The van der Waals surface area contributed by atoms with Gasteiger partial charge in [0.15, 0.2) is 11.5 Å². The number of methoxy groups -OCH3 is 2. The number of nitrogens with zero attached hydrogens (tertiary/aromatic N) is 2. The molecule has 0 aromatic heterocycles. The van der Waals surface area contributed by atoms with Crippen molar-refractivity contribution in [2.24, 2.45) is 0 Å². The molecule has 3 rings (SSSR count). The molecule has 0 radical (unpaired) electrons. The van der Waals surface area contributed by atoms with Crippen molar-refractivity contribution in [2.75, 3.05) is 31.6 Å². The van der Waals surface area contributed by atoms with Gasteiger partial charge in [0.1, 0.15) is 12.6 Å². The molecule has 0 aliphatic rings. The zero-order valence-electron chi connectivity index (χ0n) is 25.8. The lowest BCUT2D eigenvalue weighted by atomic mass is 10.1. The molecule has 0 aliphatic heterocycles. The summed E-state index contributed by atoms with van der Waals surface area (Å²) in [4.78, 5) is 28.9. The Balaban J connectivity index is 2.15. The molecule has 0 aliphatic carbocycles. The van der Waals surface area contributed by atoms with Crippen molar-refractivity contribution in [3.63, 3.8) is 0 Å². The van der Waals surface area contributed by atoms with Crippen LogP contribution in [0.15, 0.2) is 59.5 Å². The van der Waals surface area contributed by atoms with Crippen LogP contribution in [0.2, 0.25) is 10.0 Å². The maximum absolute atomic E-state index is 14.3. The first-order valence-corrected chi connectivity index (χ1v) is 16.4. The molecular weight excluding hydrogens is 625 g/mol. The SMILES string of the molecule is CCCNC(=O)C(CC)N(Cc1ccc(Cl)cc1Cl)C(=O)CN(c1cc(C)cc(C)c1)S(=O)(=O)c1ccc(OC)c(OC)c1. The Morgan fingerprint density at radius 3 is 2.14 bits per heavy atom. The highest BCUT2D eigenvalue weighted by Crippen LogP contribution is 2.33. The molecule has 1 atom stereocenters. The zero-order valence-corrected chi connectivity index (χ0v) is 28.1. The van der Waals surface area contributed by atoms with Gasteiger partial charge in [0, 0.05) is 29.2 Å². The summed E-state index contributed by atoms with van der Waals surface area (Å²) < 4.78 is 40.3. The minimum absolute atomic E-state index is 0.0377. The van der Waals surface area contributed by atoms with Crippen molar-refractivity contribution in [1.82, 2.24) is 10.2 Å². The van der Waals surface area contributed by atoms with Crippen LogP contribution in [-0.4, -0.2) is 58.5 Å². The minimum Gasteiger partial charge on any atom is -0.493 e. The summed E-state index contributed by atoms with van der Waals surface area (Å²) in [6.07, 6.45) is 1.00. The lowest BCUT2D eigenvalue weighted by molar-refractivity contribution is -0.140. The van der Waals surface area contributed by atoms with E-state index >= 15 is 0 Å². The molecule has 0 fully saturated rings. The van der Waals surface area contributed by atoms with Gasteiger partial charge in [-0.3, -0.25) is 13.9 Å². The van der Waals surface area contributed by atoms with Crippen LogP contribution in [0.4, 0.5) is 5.69 Å². The second-order valence-electron chi connectivity index (χ2n) is 10.3. The van der Waals surface area contributed by atoms with Gasteiger partial charge in [-0.2, -0.15) is 0 Å². The van der Waals surface area contributed by atoms with Gasteiger partial charge >= 0.3 is 0 Å². The van der Waals surface area contributed by atoms with Crippen molar-refractivity contribution >= 4 is 50.7 Å². The highest BCUT2D eigenvalue weighted by Gasteiger charge is 2.34. The predicted molar refractivity (Wildman–Crippen MR) is 174 cm³/mol. The number of anilines is 1. The Hall–Kier alpha value is -3.47. The third-order valence-corrected chi connectivity index (χ3v) is 9.36. The highest BCUT2D eigenvalue weighted by molar-refractivity contribution is 7.92. The second-order valence-corrected chi connectivity index (χ2v) is 13.1. The summed E-state index contributed by atoms with van der Waals surface area (Å²) in [6.45, 7) is 7.23. The first kappa shape index (κ1) is 35.0. The number of ether oxygens (including phenoxy) is 2. The van der Waals surface area contributed by atoms with E-state index < -0.39 is 28.5 Å². The summed E-state index contributed by atoms with van der Waals surface area (Å²) in [6, 6.07) is 13.6. The van der Waals surface area contributed by atoms with E-state index in [4.69, 9.17) is 32.7 Å². The number of aryl methyl sites for hydroxylation is 2. The van der Waals surface area contributed by atoms with E-state index in [1.54, 1.807) is 37.3 Å². The van der Waals surface area contributed by atoms with Crippen LogP contribution >= 0.6 is 23.2 Å². The van der Waals surface area contributed by atoms with Gasteiger partial charge in [-0.1, -0.05) is 49.2 Å². The summed E-state index contributed by atoms with van der Waals surface area (Å²) in [7, 11) is -1.46. The lowest BCUT2D eigenvalue weighted by Gasteiger charge is -2.33. The summed E-state index contributed by atoms with van der Waals surface area (Å²) in [5.41, 5.74) is 2.50. The predicted octanol–water partition coefficient (Wildman–Crippen LogP) is 6.16. The highest BCUT2D eigenvalue weighted by atomic mass is 35.5.